The van der Waals surface area contributed by atoms with E-state index in [2.05, 4.69) is 31.0 Å². The first kappa shape index (κ1) is 15.5. The number of ether oxygens (including phenoxy) is 1. The summed E-state index contributed by atoms with van der Waals surface area (Å²) >= 11 is 0. The van der Waals surface area contributed by atoms with E-state index in [1.54, 1.807) is 0 Å². The molecule has 0 unspecified atom stereocenters. The van der Waals surface area contributed by atoms with E-state index in [0.717, 1.165) is 37.9 Å². The monoisotopic (exact) mass is 301 g/mol. The quantitative estimate of drug-likeness (QED) is 0.799. The Morgan fingerprint density at radius 3 is 2.45 bits per heavy atom. The van der Waals surface area contributed by atoms with Gasteiger partial charge < -0.3 is 9.64 Å². The molecular formula is C19H27NO2. The number of rotatable bonds is 4. The van der Waals surface area contributed by atoms with Crippen molar-refractivity contribution in [2.75, 3.05) is 20.1 Å². The molecule has 3 rings (SSSR count). The number of hydrogen-bond donors (Lipinski definition) is 0. The lowest BCUT2D eigenvalue weighted by Gasteiger charge is -2.34. The van der Waals surface area contributed by atoms with E-state index < -0.39 is 5.41 Å². The first-order valence-electron chi connectivity index (χ1n) is 8.56. The Labute approximate surface area is 133 Å². The van der Waals surface area contributed by atoms with Crippen molar-refractivity contribution in [3.05, 3.63) is 35.9 Å². The highest BCUT2D eigenvalue weighted by atomic mass is 16.5. The van der Waals surface area contributed by atoms with Crippen molar-refractivity contribution in [2.24, 2.45) is 5.92 Å². The molecule has 0 bridgehead atoms. The molecule has 1 aromatic rings. The Balaban J connectivity index is 1.83. The van der Waals surface area contributed by atoms with Crippen LogP contribution in [0.2, 0.25) is 0 Å². The van der Waals surface area contributed by atoms with E-state index >= 15 is 0 Å². The number of carbonyl (C=O) groups is 1. The van der Waals surface area contributed by atoms with E-state index in [4.69, 9.17) is 4.74 Å². The third kappa shape index (κ3) is 2.91. The summed E-state index contributed by atoms with van der Waals surface area (Å²) in [6.45, 7) is 3.98. The Hall–Kier alpha value is -1.35. The third-order valence-electron chi connectivity index (χ3n) is 5.59. The fourth-order valence-electron chi connectivity index (χ4n) is 4.07. The summed E-state index contributed by atoms with van der Waals surface area (Å²) in [7, 11) is 2.08. The molecule has 1 saturated heterocycles. The zero-order valence-corrected chi connectivity index (χ0v) is 13.8. The van der Waals surface area contributed by atoms with Crippen molar-refractivity contribution >= 4 is 5.97 Å². The Bertz CT molecular complexity index is 509. The molecule has 22 heavy (non-hydrogen) atoms. The first-order valence-corrected chi connectivity index (χ1v) is 8.56. The molecule has 1 aromatic carbocycles. The number of likely N-dealkylation sites (N-methyl/N-ethyl adjacent to an activating group) is 1. The Morgan fingerprint density at radius 1 is 1.18 bits per heavy atom. The molecule has 1 aliphatic heterocycles. The number of nitrogens with zero attached hydrogens (tertiary/aromatic N) is 1. The lowest BCUT2D eigenvalue weighted by Crippen LogP contribution is -2.42. The number of carbonyl (C=O) groups excluding carboxylic acids is 1. The van der Waals surface area contributed by atoms with Crippen LogP contribution >= 0.6 is 0 Å². The number of esters is 1. The van der Waals surface area contributed by atoms with Gasteiger partial charge in [0.2, 0.25) is 0 Å². The van der Waals surface area contributed by atoms with Gasteiger partial charge in [-0.05, 0) is 44.7 Å². The topological polar surface area (TPSA) is 29.5 Å². The summed E-state index contributed by atoms with van der Waals surface area (Å²) in [6.07, 6.45) is 5.73. The second kappa shape index (κ2) is 6.41. The second-order valence-electron chi connectivity index (χ2n) is 7.13. The number of likely N-dealkylation sites (tertiary alicyclic amines) is 1. The molecule has 0 aromatic heterocycles. The van der Waals surface area contributed by atoms with Gasteiger partial charge in [0, 0.05) is 13.1 Å². The van der Waals surface area contributed by atoms with Gasteiger partial charge in [-0.1, -0.05) is 43.2 Å². The lowest BCUT2D eigenvalue weighted by molar-refractivity contribution is -0.157. The molecule has 1 aliphatic carbocycles. The SMILES string of the molecule is CN1CC[C@H](OC(=O)[C@](C)(c2ccccc2)C2CCCC2)C1. The summed E-state index contributed by atoms with van der Waals surface area (Å²) < 4.78 is 5.93. The number of hydrogen-bond acceptors (Lipinski definition) is 3. The molecule has 2 atom stereocenters. The van der Waals surface area contributed by atoms with Crippen molar-refractivity contribution in [1.82, 2.24) is 4.90 Å². The van der Waals surface area contributed by atoms with Gasteiger partial charge in [0.05, 0.1) is 5.41 Å². The molecule has 1 heterocycles. The van der Waals surface area contributed by atoms with E-state index in [1.807, 2.05) is 18.2 Å². The summed E-state index contributed by atoms with van der Waals surface area (Å²) in [5, 5.41) is 0. The summed E-state index contributed by atoms with van der Waals surface area (Å²) in [5.41, 5.74) is 0.608. The van der Waals surface area contributed by atoms with Crippen LogP contribution in [-0.2, 0) is 14.9 Å². The highest BCUT2D eigenvalue weighted by Gasteiger charge is 2.46. The van der Waals surface area contributed by atoms with Crippen molar-refractivity contribution in [1.29, 1.82) is 0 Å². The molecule has 1 saturated carbocycles. The molecule has 2 fully saturated rings. The van der Waals surface area contributed by atoms with E-state index in [0.29, 0.717) is 5.92 Å². The van der Waals surface area contributed by atoms with E-state index in [9.17, 15) is 4.79 Å². The van der Waals surface area contributed by atoms with Crippen molar-refractivity contribution in [3.63, 3.8) is 0 Å². The van der Waals surface area contributed by atoms with Crippen LogP contribution in [0.25, 0.3) is 0 Å². The van der Waals surface area contributed by atoms with E-state index in [1.165, 1.54) is 12.8 Å². The summed E-state index contributed by atoms with van der Waals surface area (Å²) in [4.78, 5) is 15.3. The summed E-state index contributed by atoms with van der Waals surface area (Å²) in [6, 6.07) is 10.2. The molecule has 0 spiro atoms. The maximum absolute atomic E-state index is 13.1. The zero-order valence-electron chi connectivity index (χ0n) is 13.8. The van der Waals surface area contributed by atoms with Gasteiger partial charge in [0.25, 0.3) is 0 Å². The van der Waals surface area contributed by atoms with Gasteiger partial charge >= 0.3 is 5.97 Å². The fraction of sp³-hybridized carbons (Fsp3) is 0.632. The minimum atomic E-state index is -0.501. The Kier molecular flexibility index (Phi) is 4.53. The van der Waals surface area contributed by atoms with Crippen molar-refractivity contribution < 1.29 is 9.53 Å². The largest absolute Gasteiger partial charge is 0.460 e. The normalized spacial score (nSPS) is 26.0. The molecule has 3 nitrogen and oxygen atoms in total. The fourth-order valence-corrected chi connectivity index (χ4v) is 4.07. The lowest BCUT2D eigenvalue weighted by atomic mass is 9.71. The molecule has 0 N–H and O–H groups in total. The van der Waals surface area contributed by atoms with Gasteiger partial charge in [-0.25, -0.2) is 0 Å². The maximum Gasteiger partial charge on any atom is 0.316 e. The van der Waals surface area contributed by atoms with Gasteiger partial charge in [-0.3, -0.25) is 4.79 Å². The first-order chi connectivity index (χ1) is 10.6. The minimum Gasteiger partial charge on any atom is -0.460 e. The van der Waals surface area contributed by atoms with Crippen LogP contribution in [0.4, 0.5) is 0 Å². The molecule has 120 valence electrons. The van der Waals surface area contributed by atoms with Gasteiger partial charge in [-0.2, -0.15) is 0 Å². The minimum absolute atomic E-state index is 0.0223. The van der Waals surface area contributed by atoms with Crippen LogP contribution in [0.3, 0.4) is 0 Å². The number of benzene rings is 1. The summed E-state index contributed by atoms with van der Waals surface area (Å²) in [5.74, 6) is 0.382. The maximum atomic E-state index is 13.1. The van der Waals surface area contributed by atoms with Crippen LogP contribution in [0.1, 0.15) is 44.6 Å². The molecule has 2 aliphatic rings. The van der Waals surface area contributed by atoms with Gasteiger partial charge in [0.1, 0.15) is 6.10 Å². The van der Waals surface area contributed by atoms with Crippen LogP contribution in [0.15, 0.2) is 30.3 Å². The van der Waals surface area contributed by atoms with Crippen molar-refractivity contribution in [2.45, 2.75) is 50.5 Å². The predicted octanol–water partition coefficient (Wildman–Crippen LogP) is 3.38. The van der Waals surface area contributed by atoms with Crippen LogP contribution in [0.5, 0.6) is 0 Å². The van der Waals surface area contributed by atoms with Crippen molar-refractivity contribution in [3.8, 4) is 0 Å². The second-order valence-corrected chi connectivity index (χ2v) is 7.13. The zero-order chi connectivity index (χ0) is 15.6. The highest BCUT2D eigenvalue weighted by Crippen LogP contribution is 2.43. The highest BCUT2D eigenvalue weighted by molar-refractivity contribution is 5.83. The van der Waals surface area contributed by atoms with E-state index in [-0.39, 0.29) is 12.1 Å². The smallest absolute Gasteiger partial charge is 0.316 e. The van der Waals surface area contributed by atoms with Crippen LogP contribution in [0, 0.1) is 5.92 Å². The predicted molar refractivity (Wildman–Crippen MR) is 87.7 cm³/mol. The molecule has 3 heteroatoms. The standard InChI is InChI=1S/C19H27NO2/c1-19(16-10-6-7-11-16,15-8-4-3-5-9-15)18(21)22-17-12-13-20(2)14-17/h3-5,8-9,16-17H,6-7,10-14H2,1-2H3/t17-,19+/m0/s1. The average molecular weight is 301 g/mol. The molecule has 0 amide bonds. The molecule has 0 radical (unpaired) electrons. The van der Waals surface area contributed by atoms with Crippen LogP contribution in [-0.4, -0.2) is 37.1 Å². The molecular weight excluding hydrogens is 274 g/mol. The van der Waals surface area contributed by atoms with Gasteiger partial charge in [0.15, 0.2) is 0 Å². The van der Waals surface area contributed by atoms with Crippen LogP contribution < -0.4 is 0 Å². The van der Waals surface area contributed by atoms with Gasteiger partial charge in [-0.15, -0.1) is 0 Å². The average Bonchev–Trinajstić information content (AvgIpc) is 3.19. The Morgan fingerprint density at radius 2 is 1.86 bits per heavy atom. The third-order valence-corrected chi connectivity index (χ3v) is 5.59.